The highest BCUT2D eigenvalue weighted by Gasteiger charge is 2.26. The van der Waals surface area contributed by atoms with Gasteiger partial charge in [-0.3, -0.25) is 9.20 Å². The first kappa shape index (κ1) is 30.1. The number of carbonyl (C=O) groups is 1. The van der Waals surface area contributed by atoms with E-state index in [1.54, 1.807) is 6.20 Å². The Kier molecular flexibility index (Phi) is 9.29. The predicted octanol–water partition coefficient (Wildman–Crippen LogP) is 4.74. The molecule has 0 bridgehead atoms. The standard InChI is InChI=1S/C34H41N7O2/c1-25-23-28(9-12-30(25)34(42)39(2)18-13-26-14-20-41(3,4)21-15-26)38-32-33-37-24-31(40(33)19-17-36-32)27-7-10-29(11-8-27)43-22-6-5-16-35/h7-12,17,19,23-24,26H,13-16,18,20-22,35H2,1-4H3/p+1. The Balaban J connectivity index is 1.24. The number of likely N-dealkylation sites (tertiary alicyclic amines) is 1. The van der Waals surface area contributed by atoms with Crippen molar-refractivity contribution in [3.8, 4) is 28.8 Å². The highest BCUT2D eigenvalue weighted by Crippen LogP contribution is 2.28. The lowest BCUT2D eigenvalue weighted by Crippen LogP contribution is -2.46. The van der Waals surface area contributed by atoms with Crippen LogP contribution in [0.2, 0.25) is 0 Å². The van der Waals surface area contributed by atoms with E-state index in [9.17, 15) is 4.79 Å². The SMILES string of the molecule is Cc1cc(Nc2nccn3c(-c4ccc(OCC#CCN)cc4)cnc23)ccc1C(=O)N(C)CCC1CC[N+](C)(C)CC1. The summed E-state index contributed by atoms with van der Waals surface area (Å²) < 4.78 is 8.76. The molecule has 0 spiro atoms. The fourth-order valence-corrected chi connectivity index (χ4v) is 5.60. The number of anilines is 2. The van der Waals surface area contributed by atoms with Crippen LogP contribution < -0.4 is 15.8 Å². The van der Waals surface area contributed by atoms with Crippen LogP contribution in [-0.4, -0.2) is 83.6 Å². The van der Waals surface area contributed by atoms with E-state index in [4.69, 9.17) is 10.5 Å². The molecule has 3 N–H and O–H groups in total. The summed E-state index contributed by atoms with van der Waals surface area (Å²) in [5.74, 6) is 7.80. The molecule has 0 aliphatic carbocycles. The highest BCUT2D eigenvalue weighted by molar-refractivity contribution is 5.96. The molecule has 1 saturated heterocycles. The predicted molar refractivity (Wildman–Crippen MR) is 171 cm³/mol. The zero-order valence-corrected chi connectivity index (χ0v) is 25.6. The molecule has 2 aromatic carbocycles. The van der Waals surface area contributed by atoms with Gasteiger partial charge in [0.1, 0.15) is 12.4 Å². The number of hydrogen-bond donors (Lipinski definition) is 2. The highest BCUT2D eigenvalue weighted by atomic mass is 16.5. The van der Waals surface area contributed by atoms with Crippen LogP contribution in [0.4, 0.5) is 11.5 Å². The first-order valence-corrected chi connectivity index (χ1v) is 14.9. The fourth-order valence-electron chi connectivity index (χ4n) is 5.60. The zero-order valence-electron chi connectivity index (χ0n) is 25.6. The monoisotopic (exact) mass is 580 g/mol. The number of piperidine rings is 1. The molecule has 3 heterocycles. The summed E-state index contributed by atoms with van der Waals surface area (Å²) in [7, 11) is 6.52. The molecule has 43 heavy (non-hydrogen) atoms. The van der Waals surface area contributed by atoms with Gasteiger partial charge in [0.25, 0.3) is 5.91 Å². The normalized spacial score (nSPS) is 14.6. The van der Waals surface area contributed by atoms with Crippen molar-refractivity contribution in [2.24, 2.45) is 11.7 Å². The molecule has 0 atom stereocenters. The van der Waals surface area contributed by atoms with Gasteiger partial charge in [0.05, 0.1) is 45.6 Å². The van der Waals surface area contributed by atoms with E-state index < -0.39 is 0 Å². The first-order valence-electron chi connectivity index (χ1n) is 14.9. The molecule has 1 aliphatic rings. The minimum absolute atomic E-state index is 0.0639. The lowest BCUT2D eigenvalue weighted by atomic mass is 9.92. The number of imidazole rings is 1. The molecule has 224 valence electrons. The van der Waals surface area contributed by atoms with Gasteiger partial charge in [-0.05, 0) is 80.1 Å². The molecule has 0 radical (unpaired) electrons. The third-order valence-corrected chi connectivity index (χ3v) is 8.34. The number of quaternary nitrogens is 1. The summed E-state index contributed by atoms with van der Waals surface area (Å²) in [5, 5.41) is 3.40. The fraction of sp³-hybridized carbons (Fsp3) is 0.382. The van der Waals surface area contributed by atoms with Gasteiger partial charge < -0.3 is 25.2 Å². The van der Waals surface area contributed by atoms with Gasteiger partial charge in [-0.25, -0.2) is 9.97 Å². The molecule has 9 nitrogen and oxygen atoms in total. The Morgan fingerprint density at radius 1 is 1.14 bits per heavy atom. The molecular formula is C34H42N7O2+. The molecule has 1 amide bonds. The maximum Gasteiger partial charge on any atom is 0.253 e. The number of benzene rings is 2. The van der Waals surface area contributed by atoms with Crippen LogP contribution in [0.5, 0.6) is 5.75 Å². The Morgan fingerprint density at radius 2 is 1.91 bits per heavy atom. The first-order chi connectivity index (χ1) is 20.7. The number of aryl methyl sites for hydroxylation is 1. The number of fused-ring (bicyclic) bond motifs is 1. The van der Waals surface area contributed by atoms with E-state index in [0.717, 1.165) is 51.3 Å². The molecule has 1 fully saturated rings. The average Bonchev–Trinajstić information content (AvgIpc) is 3.44. The molecule has 9 heteroatoms. The summed E-state index contributed by atoms with van der Waals surface area (Å²) in [6, 6.07) is 13.6. The molecule has 2 aromatic heterocycles. The Hall–Kier alpha value is -4.39. The Labute approximate surface area is 254 Å². The van der Waals surface area contributed by atoms with Crippen LogP contribution in [0.25, 0.3) is 16.9 Å². The third-order valence-electron chi connectivity index (χ3n) is 8.34. The van der Waals surface area contributed by atoms with Crippen LogP contribution >= 0.6 is 0 Å². The second-order valence-electron chi connectivity index (χ2n) is 12.0. The van der Waals surface area contributed by atoms with Crippen molar-refractivity contribution in [2.75, 3.05) is 59.2 Å². The van der Waals surface area contributed by atoms with Gasteiger partial charge >= 0.3 is 0 Å². The number of aromatic nitrogens is 3. The Bertz CT molecular complexity index is 1620. The van der Waals surface area contributed by atoms with Crippen molar-refractivity contribution < 1.29 is 14.0 Å². The zero-order chi connectivity index (χ0) is 30.4. The topological polar surface area (TPSA) is 97.8 Å². The van der Waals surface area contributed by atoms with Crippen molar-refractivity contribution >= 4 is 23.1 Å². The summed E-state index contributed by atoms with van der Waals surface area (Å²) in [6.07, 6.45) is 9.01. The molecule has 0 saturated carbocycles. The van der Waals surface area contributed by atoms with E-state index in [1.807, 2.05) is 78.1 Å². The third kappa shape index (κ3) is 7.34. The molecular weight excluding hydrogens is 538 g/mol. The van der Waals surface area contributed by atoms with Crippen molar-refractivity contribution in [3.63, 3.8) is 0 Å². The van der Waals surface area contributed by atoms with Crippen LogP contribution in [0, 0.1) is 24.7 Å². The van der Waals surface area contributed by atoms with Crippen molar-refractivity contribution in [2.45, 2.75) is 26.2 Å². The van der Waals surface area contributed by atoms with Crippen molar-refractivity contribution in [3.05, 3.63) is 72.2 Å². The van der Waals surface area contributed by atoms with Gasteiger partial charge in [0, 0.05) is 42.8 Å². The second kappa shape index (κ2) is 13.3. The van der Waals surface area contributed by atoms with Crippen LogP contribution in [0.1, 0.15) is 35.2 Å². The smallest absolute Gasteiger partial charge is 0.253 e. The lowest BCUT2D eigenvalue weighted by Gasteiger charge is -2.37. The molecule has 5 rings (SSSR count). The summed E-state index contributed by atoms with van der Waals surface area (Å²) in [6.45, 7) is 5.82. The van der Waals surface area contributed by atoms with Gasteiger partial charge in [-0.2, -0.15) is 0 Å². The number of carbonyl (C=O) groups excluding carboxylic acids is 1. The number of nitrogens with two attached hydrogens (primary N) is 1. The number of amides is 1. The number of hydrogen-bond acceptors (Lipinski definition) is 6. The van der Waals surface area contributed by atoms with Gasteiger partial charge in [0.15, 0.2) is 11.5 Å². The molecule has 4 aromatic rings. The minimum atomic E-state index is 0.0639. The number of nitrogens with zero attached hydrogens (tertiary/aromatic N) is 5. The minimum Gasteiger partial charge on any atom is -0.481 e. The lowest BCUT2D eigenvalue weighted by molar-refractivity contribution is -0.896. The van der Waals surface area contributed by atoms with E-state index in [1.165, 1.54) is 25.9 Å². The molecule has 0 unspecified atom stereocenters. The second-order valence-corrected chi connectivity index (χ2v) is 12.0. The number of nitrogens with one attached hydrogen (secondary N) is 1. The van der Waals surface area contributed by atoms with Crippen molar-refractivity contribution in [1.29, 1.82) is 0 Å². The summed E-state index contributed by atoms with van der Waals surface area (Å²) in [5.41, 5.74) is 10.5. The maximum absolute atomic E-state index is 13.3. The quantitative estimate of drug-likeness (QED) is 0.219. The van der Waals surface area contributed by atoms with Crippen molar-refractivity contribution in [1.82, 2.24) is 19.3 Å². The van der Waals surface area contributed by atoms with E-state index in [-0.39, 0.29) is 5.91 Å². The van der Waals surface area contributed by atoms with Crippen LogP contribution in [-0.2, 0) is 0 Å². The van der Waals surface area contributed by atoms with Crippen LogP contribution in [0.15, 0.2) is 61.1 Å². The van der Waals surface area contributed by atoms with Gasteiger partial charge in [-0.15, -0.1) is 0 Å². The van der Waals surface area contributed by atoms with Gasteiger partial charge in [0.2, 0.25) is 0 Å². The van der Waals surface area contributed by atoms with Gasteiger partial charge in [-0.1, -0.05) is 11.8 Å². The summed E-state index contributed by atoms with van der Waals surface area (Å²) >= 11 is 0. The molecule has 1 aliphatic heterocycles. The number of ether oxygens (including phenoxy) is 1. The van der Waals surface area contributed by atoms with E-state index >= 15 is 0 Å². The Morgan fingerprint density at radius 3 is 2.63 bits per heavy atom. The largest absolute Gasteiger partial charge is 0.481 e. The van der Waals surface area contributed by atoms with E-state index in [0.29, 0.717) is 30.5 Å². The average molecular weight is 581 g/mol. The number of rotatable bonds is 9. The maximum atomic E-state index is 13.3. The summed E-state index contributed by atoms with van der Waals surface area (Å²) in [4.78, 5) is 24.4. The van der Waals surface area contributed by atoms with Crippen LogP contribution in [0.3, 0.4) is 0 Å². The van der Waals surface area contributed by atoms with E-state index in [2.05, 4.69) is 41.2 Å².